The van der Waals surface area contributed by atoms with Crippen LogP contribution in [-0.2, 0) is 0 Å². The molecule has 1 aromatic heterocycles. The van der Waals surface area contributed by atoms with Crippen molar-refractivity contribution in [2.24, 2.45) is 0 Å². The topological polar surface area (TPSA) is 124 Å². The van der Waals surface area contributed by atoms with Gasteiger partial charge in [0.2, 0.25) is 0 Å². The van der Waals surface area contributed by atoms with Gasteiger partial charge in [0.05, 0.1) is 16.7 Å². The van der Waals surface area contributed by atoms with Crippen LogP contribution in [0.4, 0.5) is 20.7 Å². The molecule has 38 heavy (non-hydrogen) atoms. The molecule has 1 saturated carbocycles. The molecule has 2 aromatic carbocycles. The second-order valence-corrected chi connectivity index (χ2v) is 9.04. The predicted octanol–water partition coefficient (Wildman–Crippen LogP) is 4.65. The van der Waals surface area contributed by atoms with E-state index < -0.39 is 29.8 Å². The van der Waals surface area contributed by atoms with E-state index in [2.05, 4.69) is 15.6 Å². The first kappa shape index (κ1) is 26.3. The van der Waals surface area contributed by atoms with Gasteiger partial charge in [0.1, 0.15) is 23.5 Å². The largest absolute Gasteiger partial charge is 0.422 e. The van der Waals surface area contributed by atoms with Crippen LogP contribution in [0.15, 0.2) is 54.7 Å². The number of hydrogen-bond donors (Lipinski definition) is 2. The monoisotopic (exact) mass is 515 g/mol. The summed E-state index contributed by atoms with van der Waals surface area (Å²) >= 11 is 0. The van der Waals surface area contributed by atoms with E-state index >= 15 is 4.39 Å². The lowest BCUT2D eigenvalue weighted by Gasteiger charge is -2.17. The van der Waals surface area contributed by atoms with Crippen molar-refractivity contribution in [3.8, 4) is 11.8 Å². The fraction of sp³-hybridized carbons (Fsp3) is 0.250. The molecular formula is C28H26FN5O4. The van der Waals surface area contributed by atoms with Gasteiger partial charge < -0.3 is 15.0 Å². The third-order valence-electron chi connectivity index (χ3n) is 6.17. The van der Waals surface area contributed by atoms with Gasteiger partial charge in [-0.2, -0.15) is 5.26 Å². The Hall–Kier alpha value is -4.78. The first-order valence-corrected chi connectivity index (χ1v) is 12.0. The van der Waals surface area contributed by atoms with Gasteiger partial charge in [0.25, 0.3) is 0 Å². The lowest BCUT2D eigenvalue weighted by Crippen LogP contribution is -2.31. The summed E-state index contributed by atoms with van der Waals surface area (Å²) < 4.78 is 20.9. The lowest BCUT2D eigenvalue weighted by molar-refractivity contribution is 0.0730. The Kier molecular flexibility index (Phi) is 7.67. The number of esters is 1. The smallest absolute Gasteiger partial charge is 0.343 e. The fourth-order valence-electron chi connectivity index (χ4n) is 4.03. The number of carbonyl (C=O) groups is 3. The van der Waals surface area contributed by atoms with Gasteiger partial charge in [0, 0.05) is 49.9 Å². The van der Waals surface area contributed by atoms with Gasteiger partial charge in [-0.05, 0) is 48.9 Å². The third-order valence-corrected chi connectivity index (χ3v) is 6.17. The van der Waals surface area contributed by atoms with E-state index in [-0.39, 0.29) is 40.5 Å². The highest BCUT2D eigenvalue weighted by Crippen LogP contribution is 2.47. The zero-order chi connectivity index (χ0) is 27.4. The van der Waals surface area contributed by atoms with Crippen LogP contribution in [0.5, 0.6) is 5.75 Å². The maximum atomic E-state index is 15.2. The highest BCUT2D eigenvalue weighted by atomic mass is 19.1. The van der Waals surface area contributed by atoms with Crippen LogP contribution >= 0.6 is 0 Å². The number of ether oxygens (including phenoxy) is 1. The first-order valence-electron chi connectivity index (χ1n) is 12.0. The number of Topliss-reactive ketones (excluding diaryl/α,β-unsaturated/α-hetero) is 1. The number of halogens is 1. The van der Waals surface area contributed by atoms with Gasteiger partial charge in [0.15, 0.2) is 5.78 Å². The lowest BCUT2D eigenvalue weighted by atomic mass is 9.99. The molecule has 0 aliphatic heterocycles. The Labute approximate surface area is 219 Å². The number of ketones is 1. The Morgan fingerprint density at radius 2 is 1.97 bits per heavy atom. The molecule has 3 aromatic rings. The summed E-state index contributed by atoms with van der Waals surface area (Å²) in [6.07, 6.45) is 1.85. The van der Waals surface area contributed by atoms with Crippen molar-refractivity contribution < 1.29 is 23.5 Å². The molecule has 0 bridgehead atoms. The number of urea groups is 1. The molecule has 2 amide bonds. The first-order chi connectivity index (χ1) is 18.2. The normalized spacial score (nSPS) is 15.7. The van der Waals surface area contributed by atoms with Crippen LogP contribution in [0.25, 0.3) is 0 Å². The second-order valence-electron chi connectivity index (χ2n) is 9.04. The van der Waals surface area contributed by atoms with Crippen molar-refractivity contribution in [2.75, 3.05) is 24.3 Å². The van der Waals surface area contributed by atoms with Crippen LogP contribution in [-0.4, -0.2) is 42.9 Å². The molecule has 0 unspecified atom stereocenters. The van der Waals surface area contributed by atoms with Crippen molar-refractivity contribution in [3.63, 3.8) is 0 Å². The summed E-state index contributed by atoms with van der Waals surface area (Å²) in [6, 6.07) is 13.2. The van der Waals surface area contributed by atoms with Gasteiger partial charge in [-0.3, -0.25) is 10.1 Å². The van der Waals surface area contributed by atoms with Crippen LogP contribution < -0.4 is 20.3 Å². The fourth-order valence-corrected chi connectivity index (χ4v) is 4.03. The van der Waals surface area contributed by atoms with Crippen LogP contribution in [0, 0.1) is 17.1 Å². The average Bonchev–Trinajstić information content (AvgIpc) is 3.66. The van der Waals surface area contributed by atoms with E-state index in [1.54, 1.807) is 25.1 Å². The number of nitrogens with zero attached hydrogens (tertiary/aromatic N) is 3. The molecule has 9 nitrogen and oxygen atoms in total. The molecule has 1 heterocycles. The summed E-state index contributed by atoms with van der Waals surface area (Å²) in [4.78, 5) is 44.1. The summed E-state index contributed by atoms with van der Waals surface area (Å²) in [6.45, 7) is 1.67. The van der Waals surface area contributed by atoms with Gasteiger partial charge in [-0.25, -0.2) is 19.0 Å². The number of nitrogens with one attached hydrogen (secondary N) is 2. The zero-order valence-corrected chi connectivity index (χ0v) is 21.1. The molecule has 0 radical (unpaired) electrons. The summed E-state index contributed by atoms with van der Waals surface area (Å²) in [5.41, 5.74) is 1.56. The second kappa shape index (κ2) is 11.1. The molecule has 1 aliphatic carbocycles. The van der Waals surface area contributed by atoms with Crippen LogP contribution in [0.2, 0.25) is 0 Å². The molecular weight excluding hydrogens is 489 g/mol. The molecule has 0 spiro atoms. The van der Waals surface area contributed by atoms with E-state index in [1.807, 2.05) is 31.1 Å². The minimum absolute atomic E-state index is 0.0724. The molecule has 2 atom stereocenters. The molecule has 1 fully saturated rings. The van der Waals surface area contributed by atoms with Crippen LogP contribution in [0.3, 0.4) is 0 Å². The number of benzene rings is 2. The Morgan fingerprint density at radius 1 is 1.18 bits per heavy atom. The number of aromatic nitrogens is 1. The van der Waals surface area contributed by atoms with E-state index in [0.29, 0.717) is 12.0 Å². The van der Waals surface area contributed by atoms with E-state index in [0.717, 1.165) is 5.69 Å². The number of hydrogen-bond acceptors (Lipinski definition) is 7. The van der Waals surface area contributed by atoms with Crippen molar-refractivity contribution in [1.82, 2.24) is 10.3 Å². The van der Waals surface area contributed by atoms with Crippen molar-refractivity contribution >= 4 is 29.3 Å². The van der Waals surface area contributed by atoms with Crippen molar-refractivity contribution in [2.45, 2.75) is 31.7 Å². The summed E-state index contributed by atoms with van der Waals surface area (Å²) in [5.74, 6) is -2.04. The summed E-state index contributed by atoms with van der Waals surface area (Å²) in [7, 11) is 3.67. The third kappa shape index (κ3) is 5.78. The molecule has 4 rings (SSSR count). The molecule has 10 heteroatoms. The van der Waals surface area contributed by atoms with E-state index in [9.17, 15) is 14.4 Å². The van der Waals surface area contributed by atoms with E-state index in [1.165, 1.54) is 30.5 Å². The molecule has 194 valence electrons. The number of nitriles is 1. The number of anilines is 2. The predicted molar refractivity (Wildman–Crippen MR) is 139 cm³/mol. The quantitative estimate of drug-likeness (QED) is 0.254. The SMILES string of the molecule is CCC(=O)c1ccc(F)c([C@H]2C[C@H]2NC(=O)Nc2ccc(C#N)cn2)c1OC(=O)c1cccc(N(C)C)c1. The number of carbonyl (C=O) groups excluding carboxylic acids is 3. The van der Waals surface area contributed by atoms with Gasteiger partial charge in [-0.1, -0.05) is 13.0 Å². The highest BCUT2D eigenvalue weighted by Gasteiger charge is 2.44. The molecule has 0 saturated heterocycles. The standard InChI is InChI=1S/C28H26FN5O4/c1-4-23(35)19-9-10-21(29)25(26(19)38-27(36)17-6-5-7-18(12-17)34(2)3)20-13-22(20)32-28(37)33-24-11-8-16(14-30)15-31-24/h5-12,15,20,22H,4,13H2,1-3H3,(H2,31,32,33,37)/t20-,22+/m0/s1. The van der Waals surface area contributed by atoms with E-state index in [4.69, 9.17) is 10.00 Å². The number of amides is 2. The summed E-state index contributed by atoms with van der Waals surface area (Å²) in [5, 5.41) is 14.2. The number of pyridine rings is 1. The maximum Gasteiger partial charge on any atom is 0.343 e. The Bertz CT molecular complexity index is 1430. The maximum absolute atomic E-state index is 15.2. The minimum Gasteiger partial charge on any atom is -0.422 e. The average molecular weight is 516 g/mol. The number of rotatable bonds is 8. The molecule has 2 N–H and O–H groups in total. The van der Waals surface area contributed by atoms with Gasteiger partial charge in [-0.15, -0.1) is 0 Å². The zero-order valence-electron chi connectivity index (χ0n) is 21.1. The van der Waals surface area contributed by atoms with Crippen molar-refractivity contribution in [3.05, 3.63) is 82.8 Å². The van der Waals surface area contributed by atoms with Crippen molar-refractivity contribution in [1.29, 1.82) is 5.26 Å². The minimum atomic E-state index is -0.722. The van der Waals surface area contributed by atoms with Gasteiger partial charge >= 0.3 is 12.0 Å². The Balaban J connectivity index is 1.57. The van der Waals surface area contributed by atoms with Crippen LogP contribution in [0.1, 0.15) is 57.5 Å². The molecule has 1 aliphatic rings. The Morgan fingerprint density at radius 3 is 2.63 bits per heavy atom. The highest BCUT2D eigenvalue weighted by molar-refractivity contribution is 6.01.